The number of methoxy groups -OCH3 is 1. The molecule has 0 saturated carbocycles. The van der Waals surface area contributed by atoms with Gasteiger partial charge >= 0.3 is 5.97 Å². The molecule has 1 aliphatic rings. The lowest BCUT2D eigenvalue weighted by Gasteiger charge is -2.12. The summed E-state index contributed by atoms with van der Waals surface area (Å²) >= 11 is 0. The minimum atomic E-state index is -0.400. The molecule has 1 aliphatic heterocycles. The second-order valence-corrected chi connectivity index (χ2v) is 5.91. The van der Waals surface area contributed by atoms with Crippen LogP contribution in [0, 0.1) is 6.92 Å². The van der Waals surface area contributed by atoms with Crippen LogP contribution in [0.4, 0.5) is 17.1 Å². The standard InChI is InChI=1S/C19H19N3O3/c1-10-4-6-13(9-14(10)19(24)25-3)21-11(2)17-15-8-12(20)5-7-16(15)22-18(17)23/h4-9,21H,20H2,1-3H3,(H,22,23). The highest BCUT2D eigenvalue weighted by Crippen LogP contribution is 2.35. The summed E-state index contributed by atoms with van der Waals surface area (Å²) in [5, 5.41) is 6.01. The molecule has 25 heavy (non-hydrogen) atoms. The summed E-state index contributed by atoms with van der Waals surface area (Å²) in [6.07, 6.45) is 0. The van der Waals surface area contributed by atoms with Crippen molar-refractivity contribution in [1.29, 1.82) is 0 Å². The Morgan fingerprint density at radius 3 is 2.68 bits per heavy atom. The van der Waals surface area contributed by atoms with Crippen LogP contribution >= 0.6 is 0 Å². The number of ether oxygens (including phenoxy) is 1. The van der Waals surface area contributed by atoms with Gasteiger partial charge in [0.05, 0.1) is 18.2 Å². The van der Waals surface area contributed by atoms with E-state index in [1.165, 1.54) is 7.11 Å². The monoisotopic (exact) mass is 337 g/mol. The third kappa shape index (κ3) is 3.06. The van der Waals surface area contributed by atoms with E-state index in [-0.39, 0.29) is 5.91 Å². The average molecular weight is 337 g/mol. The van der Waals surface area contributed by atoms with Crippen molar-refractivity contribution in [2.45, 2.75) is 13.8 Å². The predicted octanol–water partition coefficient (Wildman–Crippen LogP) is 3.16. The number of carbonyl (C=O) groups excluding carboxylic acids is 2. The number of anilines is 3. The first-order chi connectivity index (χ1) is 11.9. The number of rotatable bonds is 3. The van der Waals surface area contributed by atoms with Crippen molar-refractivity contribution in [3.8, 4) is 0 Å². The topological polar surface area (TPSA) is 93.4 Å². The van der Waals surface area contributed by atoms with E-state index < -0.39 is 5.97 Å². The molecule has 0 bridgehead atoms. The second-order valence-electron chi connectivity index (χ2n) is 5.91. The second kappa shape index (κ2) is 6.32. The number of nitrogens with one attached hydrogen (secondary N) is 2. The molecule has 2 aromatic rings. The average Bonchev–Trinajstić information content (AvgIpc) is 2.91. The molecule has 0 radical (unpaired) electrons. The minimum absolute atomic E-state index is 0.189. The Balaban J connectivity index is 1.99. The fraction of sp³-hybridized carbons (Fsp3) is 0.158. The van der Waals surface area contributed by atoms with Crippen LogP contribution in [-0.2, 0) is 9.53 Å². The van der Waals surface area contributed by atoms with Crippen LogP contribution in [-0.4, -0.2) is 19.0 Å². The maximum absolute atomic E-state index is 12.3. The summed E-state index contributed by atoms with van der Waals surface area (Å²) in [7, 11) is 1.35. The highest BCUT2D eigenvalue weighted by atomic mass is 16.5. The molecule has 0 aliphatic carbocycles. The highest BCUT2D eigenvalue weighted by molar-refractivity contribution is 6.32. The lowest BCUT2D eigenvalue weighted by molar-refractivity contribution is -0.110. The number of esters is 1. The number of fused-ring (bicyclic) bond motifs is 1. The van der Waals surface area contributed by atoms with E-state index in [9.17, 15) is 9.59 Å². The molecule has 3 rings (SSSR count). The fourth-order valence-electron chi connectivity index (χ4n) is 2.87. The Morgan fingerprint density at radius 2 is 1.96 bits per heavy atom. The molecular weight excluding hydrogens is 318 g/mol. The molecule has 0 spiro atoms. The van der Waals surface area contributed by atoms with Crippen molar-refractivity contribution in [3.63, 3.8) is 0 Å². The molecule has 128 valence electrons. The van der Waals surface area contributed by atoms with Crippen LogP contribution in [0.1, 0.15) is 28.4 Å². The molecule has 1 amide bonds. The van der Waals surface area contributed by atoms with Crippen LogP contribution in [0.15, 0.2) is 42.1 Å². The van der Waals surface area contributed by atoms with Gasteiger partial charge in [0.2, 0.25) is 0 Å². The van der Waals surface area contributed by atoms with Gasteiger partial charge in [-0.05, 0) is 49.7 Å². The first-order valence-electron chi connectivity index (χ1n) is 7.79. The van der Waals surface area contributed by atoms with Crippen molar-refractivity contribution < 1.29 is 14.3 Å². The summed E-state index contributed by atoms with van der Waals surface area (Å²) < 4.78 is 4.80. The number of allylic oxidation sites excluding steroid dienone is 1. The van der Waals surface area contributed by atoms with Crippen molar-refractivity contribution in [2.75, 3.05) is 23.5 Å². The van der Waals surface area contributed by atoms with E-state index >= 15 is 0 Å². The lowest BCUT2D eigenvalue weighted by Crippen LogP contribution is -2.10. The Kier molecular flexibility index (Phi) is 4.19. The van der Waals surface area contributed by atoms with Crippen LogP contribution < -0.4 is 16.4 Å². The number of benzene rings is 2. The van der Waals surface area contributed by atoms with E-state index in [2.05, 4.69) is 10.6 Å². The molecule has 0 atom stereocenters. The molecule has 4 N–H and O–H groups in total. The quantitative estimate of drug-likeness (QED) is 0.454. The smallest absolute Gasteiger partial charge is 0.338 e. The Hall–Kier alpha value is -3.28. The maximum Gasteiger partial charge on any atom is 0.338 e. The number of hydrogen-bond acceptors (Lipinski definition) is 5. The molecular formula is C19H19N3O3. The summed E-state index contributed by atoms with van der Waals surface area (Å²) in [5.74, 6) is -0.589. The van der Waals surface area contributed by atoms with Gasteiger partial charge in [0.1, 0.15) is 0 Å². The van der Waals surface area contributed by atoms with E-state index in [1.807, 2.05) is 26.0 Å². The largest absolute Gasteiger partial charge is 0.465 e. The molecule has 0 unspecified atom stereocenters. The number of carbonyl (C=O) groups is 2. The third-order valence-electron chi connectivity index (χ3n) is 4.14. The normalized spacial score (nSPS) is 14.6. The van der Waals surface area contributed by atoms with Gasteiger partial charge in [-0.1, -0.05) is 6.07 Å². The van der Waals surface area contributed by atoms with Crippen molar-refractivity contribution in [3.05, 3.63) is 58.8 Å². The van der Waals surface area contributed by atoms with Crippen LogP contribution in [0.2, 0.25) is 0 Å². The zero-order valence-corrected chi connectivity index (χ0v) is 14.3. The Morgan fingerprint density at radius 1 is 1.20 bits per heavy atom. The molecule has 0 aromatic heterocycles. The maximum atomic E-state index is 12.3. The first-order valence-corrected chi connectivity index (χ1v) is 7.79. The van der Waals surface area contributed by atoms with E-state index in [0.29, 0.717) is 28.2 Å². The van der Waals surface area contributed by atoms with Crippen molar-refractivity contribution in [1.82, 2.24) is 0 Å². The van der Waals surface area contributed by atoms with Crippen LogP contribution in [0.25, 0.3) is 5.57 Å². The van der Waals surface area contributed by atoms with Crippen LogP contribution in [0.3, 0.4) is 0 Å². The summed E-state index contributed by atoms with van der Waals surface area (Å²) in [6.45, 7) is 3.65. The Labute approximate surface area is 145 Å². The zero-order valence-electron chi connectivity index (χ0n) is 14.3. The van der Waals surface area contributed by atoms with Gasteiger partial charge in [0, 0.05) is 28.3 Å². The van der Waals surface area contributed by atoms with E-state index in [0.717, 1.165) is 16.8 Å². The number of amides is 1. The van der Waals surface area contributed by atoms with Gasteiger partial charge in [0.15, 0.2) is 0 Å². The van der Waals surface area contributed by atoms with E-state index in [1.54, 1.807) is 24.3 Å². The van der Waals surface area contributed by atoms with Gasteiger partial charge in [-0.3, -0.25) is 4.79 Å². The summed E-state index contributed by atoms with van der Waals surface area (Å²) in [5.41, 5.74) is 11.1. The summed E-state index contributed by atoms with van der Waals surface area (Å²) in [4.78, 5) is 24.2. The predicted molar refractivity (Wildman–Crippen MR) is 98.2 cm³/mol. The van der Waals surface area contributed by atoms with E-state index in [4.69, 9.17) is 10.5 Å². The number of aryl methyl sites for hydroxylation is 1. The lowest BCUT2D eigenvalue weighted by atomic mass is 10.0. The zero-order chi connectivity index (χ0) is 18.1. The number of nitrogen functional groups attached to an aromatic ring is 1. The molecule has 0 saturated heterocycles. The molecule has 1 heterocycles. The van der Waals surface area contributed by atoms with Gasteiger partial charge in [-0.2, -0.15) is 0 Å². The van der Waals surface area contributed by atoms with Crippen molar-refractivity contribution in [2.24, 2.45) is 0 Å². The summed E-state index contributed by atoms with van der Waals surface area (Å²) in [6, 6.07) is 10.7. The molecule has 0 fully saturated rings. The van der Waals surface area contributed by atoms with Gasteiger partial charge in [0.25, 0.3) is 5.91 Å². The third-order valence-corrected chi connectivity index (χ3v) is 4.14. The number of nitrogens with two attached hydrogens (primary N) is 1. The van der Waals surface area contributed by atoms with Gasteiger partial charge in [-0.25, -0.2) is 4.79 Å². The van der Waals surface area contributed by atoms with Crippen molar-refractivity contribution >= 4 is 34.5 Å². The Bertz CT molecular complexity index is 916. The van der Waals surface area contributed by atoms with Gasteiger partial charge < -0.3 is 21.1 Å². The molecule has 6 heteroatoms. The first kappa shape index (κ1) is 16.6. The SMILES string of the molecule is COC(=O)c1cc(NC(C)=C2C(=O)Nc3ccc(N)cc32)ccc1C. The molecule has 2 aromatic carbocycles. The highest BCUT2D eigenvalue weighted by Gasteiger charge is 2.26. The van der Waals surface area contributed by atoms with Gasteiger partial charge in [-0.15, -0.1) is 0 Å². The molecule has 6 nitrogen and oxygen atoms in total. The minimum Gasteiger partial charge on any atom is -0.465 e. The number of hydrogen-bond donors (Lipinski definition) is 3. The fourth-order valence-corrected chi connectivity index (χ4v) is 2.87. The van der Waals surface area contributed by atoms with Crippen LogP contribution in [0.5, 0.6) is 0 Å².